The van der Waals surface area contributed by atoms with Crippen LogP contribution < -0.4 is 9.47 Å². The van der Waals surface area contributed by atoms with Gasteiger partial charge in [0.1, 0.15) is 6.61 Å². The summed E-state index contributed by atoms with van der Waals surface area (Å²) in [6, 6.07) is 12.3. The highest BCUT2D eigenvalue weighted by Crippen LogP contribution is 2.50. The molecule has 0 bridgehead atoms. The van der Waals surface area contributed by atoms with Crippen LogP contribution in [0, 0.1) is 13.8 Å². The maximum Gasteiger partial charge on any atom is 0.161 e. The maximum atomic E-state index is 13.6. The normalized spacial score (nSPS) is 17.8. The van der Waals surface area contributed by atoms with Gasteiger partial charge in [-0.15, -0.1) is 0 Å². The lowest BCUT2D eigenvalue weighted by Crippen LogP contribution is -2.39. The second-order valence-electron chi connectivity index (χ2n) is 11.1. The molecule has 2 aromatic rings. The highest BCUT2D eigenvalue weighted by atomic mass is 16.5. The molecule has 0 atom stereocenters. The van der Waals surface area contributed by atoms with Crippen molar-refractivity contribution in [1.29, 1.82) is 0 Å². The average Bonchev–Trinajstić information content (AvgIpc) is 2.95. The van der Waals surface area contributed by atoms with Crippen LogP contribution in [0.1, 0.15) is 80.0 Å². The number of hydrogen-bond donors (Lipinski definition) is 0. The van der Waals surface area contributed by atoms with Crippen molar-refractivity contribution >= 4 is 11.6 Å². The Morgan fingerprint density at radius 1 is 0.825 bits per heavy atom. The lowest BCUT2D eigenvalue weighted by molar-refractivity contribution is -0.117. The fraction of sp³-hybridized carbons (Fsp3) is 0.471. The topological polar surface area (TPSA) is 65.1 Å². The number of nitrogens with zero attached hydrogens (tertiary/aromatic N) is 1. The molecule has 0 N–H and O–H groups in total. The van der Waals surface area contributed by atoms with E-state index in [0.29, 0.717) is 44.2 Å². The Morgan fingerprint density at radius 2 is 1.52 bits per heavy atom. The third kappa shape index (κ3) is 5.60. The van der Waals surface area contributed by atoms with Crippen LogP contribution in [0.2, 0.25) is 0 Å². The van der Waals surface area contributed by atoms with E-state index in [1.165, 1.54) is 11.1 Å². The Kier molecular flexibility index (Phi) is 8.75. The lowest BCUT2D eigenvalue weighted by Gasteiger charge is -2.44. The SMILES string of the molecule is CCOc1cc(C2C3=C(CCCC3=O)N(CCCOC)C3=C2C(=O)CCC3)ccc1OCc1ccc(C)c(C)c1. The summed E-state index contributed by atoms with van der Waals surface area (Å²) in [6.07, 6.45) is 5.28. The molecule has 0 saturated heterocycles. The third-order valence-corrected chi connectivity index (χ3v) is 8.38. The second kappa shape index (κ2) is 12.4. The van der Waals surface area contributed by atoms with Crippen molar-refractivity contribution in [1.82, 2.24) is 4.90 Å². The van der Waals surface area contributed by atoms with Crippen LogP contribution in [0.15, 0.2) is 58.9 Å². The Balaban J connectivity index is 1.54. The molecule has 1 heterocycles. The van der Waals surface area contributed by atoms with E-state index in [2.05, 4.69) is 36.9 Å². The van der Waals surface area contributed by atoms with Gasteiger partial charge in [0.05, 0.1) is 6.61 Å². The van der Waals surface area contributed by atoms with Crippen molar-refractivity contribution in [3.63, 3.8) is 0 Å². The molecule has 0 unspecified atom stereocenters. The maximum absolute atomic E-state index is 13.6. The van der Waals surface area contributed by atoms with Crippen molar-refractivity contribution in [2.24, 2.45) is 0 Å². The minimum atomic E-state index is -0.364. The zero-order chi connectivity index (χ0) is 28.2. The molecule has 40 heavy (non-hydrogen) atoms. The molecule has 2 aromatic carbocycles. The molecule has 0 radical (unpaired) electrons. The van der Waals surface area contributed by atoms with E-state index in [0.717, 1.165) is 72.3 Å². The summed E-state index contributed by atoms with van der Waals surface area (Å²) in [5.74, 6) is 1.25. The predicted octanol–water partition coefficient (Wildman–Crippen LogP) is 6.73. The molecular formula is C34H41NO5. The summed E-state index contributed by atoms with van der Waals surface area (Å²) in [7, 11) is 1.71. The number of ketones is 2. The van der Waals surface area contributed by atoms with E-state index in [4.69, 9.17) is 14.2 Å². The number of carbonyl (C=O) groups excluding carboxylic acids is 2. The largest absolute Gasteiger partial charge is 0.490 e. The van der Waals surface area contributed by atoms with Gasteiger partial charge in [0.15, 0.2) is 23.1 Å². The van der Waals surface area contributed by atoms with Crippen molar-refractivity contribution in [2.75, 3.05) is 26.9 Å². The van der Waals surface area contributed by atoms with Gasteiger partial charge in [-0.3, -0.25) is 9.59 Å². The van der Waals surface area contributed by atoms with Crippen LogP contribution in [0.3, 0.4) is 0 Å². The molecule has 1 aliphatic heterocycles. The summed E-state index contributed by atoms with van der Waals surface area (Å²) in [4.78, 5) is 29.4. The molecule has 0 amide bonds. The molecule has 0 spiro atoms. The minimum Gasteiger partial charge on any atom is -0.490 e. The second-order valence-corrected chi connectivity index (χ2v) is 11.1. The van der Waals surface area contributed by atoms with Gasteiger partial charge in [0.25, 0.3) is 0 Å². The quantitative estimate of drug-likeness (QED) is 0.310. The van der Waals surface area contributed by atoms with Crippen LogP contribution >= 0.6 is 0 Å². The molecule has 6 heteroatoms. The molecule has 0 saturated carbocycles. The monoisotopic (exact) mass is 543 g/mol. The summed E-state index contributed by atoms with van der Waals surface area (Å²) in [5, 5.41) is 0. The molecule has 6 nitrogen and oxygen atoms in total. The van der Waals surface area contributed by atoms with Gasteiger partial charge in [-0.25, -0.2) is 0 Å². The summed E-state index contributed by atoms with van der Waals surface area (Å²) in [6.45, 7) is 8.49. The lowest BCUT2D eigenvalue weighted by atomic mass is 9.71. The summed E-state index contributed by atoms with van der Waals surface area (Å²) in [5.41, 5.74) is 8.29. The number of hydrogen-bond acceptors (Lipinski definition) is 6. The van der Waals surface area contributed by atoms with Gasteiger partial charge in [-0.05, 0) is 87.3 Å². The van der Waals surface area contributed by atoms with E-state index in [1.807, 2.05) is 25.1 Å². The van der Waals surface area contributed by atoms with Crippen LogP contribution in [0.5, 0.6) is 11.5 Å². The first-order valence-electron chi connectivity index (χ1n) is 14.7. The minimum absolute atomic E-state index is 0.154. The van der Waals surface area contributed by atoms with Crippen LogP contribution in [-0.4, -0.2) is 43.3 Å². The molecule has 5 rings (SSSR count). The third-order valence-electron chi connectivity index (χ3n) is 8.38. The number of Topliss-reactive ketones (excluding diaryl/α,β-unsaturated/α-hetero) is 2. The van der Waals surface area contributed by atoms with Crippen LogP contribution in [-0.2, 0) is 20.9 Å². The van der Waals surface area contributed by atoms with E-state index in [1.54, 1.807) is 7.11 Å². The first-order valence-corrected chi connectivity index (χ1v) is 14.7. The molecular weight excluding hydrogens is 502 g/mol. The Bertz CT molecular complexity index is 1310. The van der Waals surface area contributed by atoms with Gasteiger partial charge in [0, 0.05) is 61.6 Å². The Hall–Kier alpha value is -3.38. The summed E-state index contributed by atoms with van der Waals surface area (Å²) >= 11 is 0. The highest BCUT2D eigenvalue weighted by Gasteiger charge is 2.43. The van der Waals surface area contributed by atoms with Crippen molar-refractivity contribution in [2.45, 2.75) is 78.2 Å². The number of carbonyl (C=O) groups is 2. The highest BCUT2D eigenvalue weighted by molar-refractivity contribution is 6.06. The number of methoxy groups -OCH3 is 1. The number of benzene rings is 2. The van der Waals surface area contributed by atoms with Gasteiger partial charge in [-0.1, -0.05) is 24.3 Å². The average molecular weight is 544 g/mol. The number of allylic oxidation sites excluding steroid dienone is 4. The molecule has 0 fully saturated rings. The molecule has 212 valence electrons. The molecule has 2 aliphatic carbocycles. The fourth-order valence-electron chi connectivity index (χ4n) is 6.33. The molecule has 3 aliphatic rings. The van der Waals surface area contributed by atoms with E-state index >= 15 is 0 Å². The van der Waals surface area contributed by atoms with Gasteiger partial charge in [0.2, 0.25) is 0 Å². The summed E-state index contributed by atoms with van der Waals surface area (Å²) < 4.78 is 17.6. The molecule has 0 aromatic heterocycles. The van der Waals surface area contributed by atoms with E-state index < -0.39 is 0 Å². The van der Waals surface area contributed by atoms with Gasteiger partial charge >= 0.3 is 0 Å². The van der Waals surface area contributed by atoms with Crippen LogP contribution in [0.25, 0.3) is 0 Å². The Labute approximate surface area is 238 Å². The van der Waals surface area contributed by atoms with Gasteiger partial charge in [-0.2, -0.15) is 0 Å². The number of ether oxygens (including phenoxy) is 3. The van der Waals surface area contributed by atoms with Crippen molar-refractivity contribution in [3.8, 4) is 11.5 Å². The smallest absolute Gasteiger partial charge is 0.161 e. The predicted molar refractivity (Wildman–Crippen MR) is 156 cm³/mol. The fourth-order valence-corrected chi connectivity index (χ4v) is 6.33. The number of aryl methyl sites for hydroxylation is 2. The first kappa shape index (κ1) is 28.2. The van der Waals surface area contributed by atoms with Crippen molar-refractivity contribution in [3.05, 3.63) is 81.2 Å². The van der Waals surface area contributed by atoms with E-state index in [-0.39, 0.29) is 17.5 Å². The zero-order valence-corrected chi connectivity index (χ0v) is 24.3. The number of rotatable bonds is 10. The van der Waals surface area contributed by atoms with Crippen LogP contribution in [0.4, 0.5) is 0 Å². The Morgan fingerprint density at radius 3 is 2.15 bits per heavy atom. The van der Waals surface area contributed by atoms with Gasteiger partial charge < -0.3 is 19.1 Å². The van der Waals surface area contributed by atoms with Crippen molar-refractivity contribution < 1.29 is 23.8 Å². The first-order chi connectivity index (χ1) is 19.4. The van der Waals surface area contributed by atoms with E-state index in [9.17, 15) is 9.59 Å². The zero-order valence-electron chi connectivity index (χ0n) is 24.3. The standard InChI is InChI=1S/C34H41NO5/c1-5-39-31-20-25(15-16-30(31)40-21-24-14-13-22(2)23(3)19-24)32-33-26(9-6-11-28(33)36)35(17-8-18-38-4)27-10-7-12-29(37)34(27)32/h13-16,19-20,32H,5-12,17-18,21H2,1-4H3.